The zero-order valence-corrected chi connectivity index (χ0v) is 17.9. The standard InChI is InChI=1S/C20H24ClN5O5/c1-3-16(19(29)25-23-11-17(27)31-4-2)26-9-5-6-15(20(26)30)24-18(28)12-7-8-14(22)13(21)10-12/h5-10,16,23H,3-4,11,22H2,1-2H3,(H,24,28)(H,25,29). The van der Waals surface area contributed by atoms with Crippen LogP contribution in [0.1, 0.15) is 36.7 Å². The molecule has 1 aromatic heterocycles. The van der Waals surface area contributed by atoms with E-state index in [-0.39, 0.29) is 35.8 Å². The molecule has 1 unspecified atom stereocenters. The molecule has 0 aliphatic carbocycles. The number of carbonyl (C=O) groups excluding carboxylic acids is 3. The van der Waals surface area contributed by atoms with E-state index in [0.29, 0.717) is 5.69 Å². The molecule has 0 saturated carbocycles. The Labute approximate surface area is 183 Å². The summed E-state index contributed by atoms with van der Waals surface area (Å²) in [6, 6.07) is 6.46. The van der Waals surface area contributed by atoms with E-state index in [1.807, 2.05) is 0 Å². The fourth-order valence-corrected chi connectivity index (χ4v) is 2.90. The van der Waals surface area contributed by atoms with Crippen LogP contribution >= 0.6 is 11.6 Å². The third-order valence-corrected chi connectivity index (χ3v) is 4.59. The van der Waals surface area contributed by atoms with Gasteiger partial charge in [0.2, 0.25) is 0 Å². The normalized spacial score (nSPS) is 11.5. The Balaban J connectivity index is 2.14. The largest absolute Gasteiger partial charge is 0.465 e. The molecular weight excluding hydrogens is 426 g/mol. The van der Waals surface area contributed by atoms with E-state index in [0.717, 1.165) is 0 Å². The predicted molar refractivity (Wildman–Crippen MR) is 117 cm³/mol. The predicted octanol–water partition coefficient (Wildman–Crippen LogP) is 1.47. The second kappa shape index (κ2) is 11.1. The maximum Gasteiger partial charge on any atom is 0.321 e. The minimum absolute atomic E-state index is 0.00817. The molecule has 10 nitrogen and oxygen atoms in total. The number of pyridine rings is 1. The SMILES string of the molecule is CCOC(=O)CNNC(=O)C(CC)n1cccc(NC(=O)c2ccc(N)c(Cl)c2)c1=O. The second-order valence-electron chi connectivity index (χ2n) is 6.40. The van der Waals surface area contributed by atoms with Crippen molar-refractivity contribution >= 4 is 40.8 Å². The molecule has 11 heteroatoms. The molecule has 166 valence electrons. The van der Waals surface area contributed by atoms with Crippen LogP contribution in [-0.2, 0) is 14.3 Å². The number of nitrogens with zero attached hydrogens (tertiary/aromatic N) is 1. The number of halogens is 1. The summed E-state index contributed by atoms with van der Waals surface area (Å²) in [5.41, 5.74) is 10.5. The monoisotopic (exact) mass is 449 g/mol. The van der Waals surface area contributed by atoms with Gasteiger partial charge in [-0.1, -0.05) is 18.5 Å². The van der Waals surface area contributed by atoms with Crippen molar-refractivity contribution in [1.82, 2.24) is 15.4 Å². The lowest BCUT2D eigenvalue weighted by Crippen LogP contribution is -2.46. The number of ether oxygens (including phenoxy) is 1. The van der Waals surface area contributed by atoms with Crippen LogP contribution in [0.15, 0.2) is 41.3 Å². The van der Waals surface area contributed by atoms with Crippen molar-refractivity contribution in [2.24, 2.45) is 0 Å². The summed E-state index contributed by atoms with van der Waals surface area (Å²) < 4.78 is 5.96. The number of esters is 1. The van der Waals surface area contributed by atoms with Crippen LogP contribution in [0.3, 0.4) is 0 Å². The van der Waals surface area contributed by atoms with Crippen molar-refractivity contribution in [3.8, 4) is 0 Å². The third-order valence-electron chi connectivity index (χ3n) is 4.26. The van der Waals surface area contributed by atoms with E-state index in [4.69, 9.17) is 22.1 Å². The lowest BCUT2D eigenvalue weighted by molar-refractivity contribution is -0.142. The minimum atomic E-state index is -0.870. The van der Waals surface area contributed by atoms with Crippen molar-refractivity contribution in [1.29, 1.82) is 0 Å². The molecule has 2 rings (SSSR count). The Bertz CT molecular complexity index is 1020. The number of anilines is 2. The summed E-state index contributed by atoms with van der Waals surface area (Å²) in [5, 5.41) is 2.74. The summed E-state index contributed by atoms with van der Waals surface area (Å²) in [6.07, 6.45) is 1.73. The fraction of sp³-hybridized carbons (Fsp3) is 0.300. The molecule has 0 radical (unpaired) electrons. The average Bonchev–Trinajstić information content (AvgIpc) is 2.73. The molecule has 0 spiro atoms. The van der Waals surface area contributed by atoms with Crippen molar-refractivity contribution < 1.29 is 19.1 Å². The number of hydrazine groups is 1. The van der Waals surface area contributed by atoms with E-state index < -0.39 is 29.4 Å². The summed E-state index contributed by atoms with van der Waals surface area (Å²) in [7, 11) is 0. The number of nitrogen functional groups attached to an aromatic ring is 1. The number of rotatable bonds is 9. The molecule has 0 aliphatic rings. The van der Waals surface area contributed by atoms with Crippen LogP contribution in [0.5, 0.6) is 0 Å². The molecule has 5 N–H and O–H groups in total. The molecular formula is C20H24ClN5O5. The molecule has 1 aromatic carbocycles. The first kappa shape index (κ1) is 23.9. The zero-order valence-electron chi connectivity index (χ0n) is 17.1. The van der Waals surface area contributed by atoms with E-state index in [9.17, 15) is 19.2 Å². The maximum atomic E-state index is 12.9. The van der Waals surface area contributed by atoms with Gasteiger partial charge in [-0.05, 0) is 43.7 Å². The summed E-state index contributed by atoms with van der Waals surface area (Å²) in [5.74, 6) is -1.60. The van der Waals surface area contributed by atoms with Gasteiger partial charge in [0.15, 0.2) is 0 Å². The Kier molecular flexibility index (Phi) is 8.59. The van der Waals surface area contributed by atoms with Crippen molar-refractivity contribution in [2.45, 2.75) is 26.3 Å². The quantitative estimate of drug-likeness (QED) is 0.257. The van der Waals surface area contributed by atoms with E-state index in [1.165, 1.54) is 41.1 Å². The summed E-state index contributed by atoms with van der Waals surface area (Å²) in [6.45, 7) is 3.40. The Morgan fingerprint density at radius 1 is 1.23 bits per heavy atom. The van der Waals surface area contributed by atoms with Gasteiger partial charge in [0.25, 0.3) is 17.4 Å². The Hall–Kier alpha value is -3.37. The average molecular weight is 450 g/mol. The molecule has 1 atom stereocenters. The number of amides is 2. The van der Waals surface area contributed by atoms with Crippen molar-refractivity contribution in [3.63, 3.8) is 0 Å². The van der Waals surface area contributed by atoms with Gasteiger partial charge < -0.3 is 20.4 Å². The van der Waals surface area contributed by atoms with Gasteiger partial charge in [-0.3, -0.25) is 24.6 Å². The number of nitrogens with two attached hydrogens (primary N) is 1. The van der Waals surface area contributed by atoms with Gasteiger partial charge in [-0.2, -0.15) is 0 Å². The van der Waals surface area contributed by atoms with E-state index in [1.54, 1.807) is 13.8 Å². The molecule has 1 heterocycles. The molecule has 0 saturated heterocycles. The highest BCUT2D eigenvalue weighted by atomic mass is 35.5. The highest BCUT2D eigenvalue weighted by Gasteiger charge is 2.21. The van der Waals surface area contributed by atoms with Crippen molar-refractivity contribution in [3.05, 3.63) is 57.5 Å². The van der Waals surface area contributed by atoms with Gasteiger partial charge in [-0.15, -0.1) is 0 Å². The van der Waals surface area contributed by atoms with E-state index >= 15 is 0 Å². The lowest BCUT2D eigenvalue weighted by Gasteiger charge is -2.19. The summed E-state index contributed by atoms with van der Waals surface area (Å²) in [4.78, 5) is 49.2. The summed E-state index contributed by atoms with van der Waals surface area (Å²) >= 11 is 5.94. The van der Waals surface area contributed by atoms with Crippen LogP contribution in [0.25, 0.3) is 0 Å². The van der Waals surface area contributed by atoms with Crippen LogP contribution in [0.4, 0.5) is 11.4 Å². The van der Waals surface area contributed by atoms with Gasteiger partial charge in [-0.25, -0.2) is 5.43 Å². The number of carbonyl (C=O) groups is 3. The van der Waals surface area contributed by atoms with Gasteiger partial charge in [0.05, 0.1) is 17.3 Å². The number of hydrogen-bond donors (Lipinski definition) is 4. The van der Waals surface area contributed by atoms with Crippen LogP contribution in [0.2, 0.25) is 5.02 Å². The highest BCUT2D eigenvalue weighted by molar-refractivity contribution is 6.33. The highest BCUT2D eigenvalue weighted by Crippen LogP contribution is 2.20. The number of aromatic nitrogens is 1. The van der Waals surface area contributed by atoms with Gasteiger partial charge in [0.1, 0.15) is 18.3 Å². The van der Waals surface area contributed by atoms with Gasteiger partial charge in [0, 0.05) is 11.8 Å². The fourth-order valence-electron chi connectivity index (χ4n) is 2.72. The Morgan fingerprint density at radius 3 is 2.61 bits per heavy atom. The first-order valence-electron chi connectivity index (χ1n) is 9.54. The topological polar surface area (TPSA) is 145 Å². The molecule has 0 aliphatic heterocycles. The molecule has 0 bridgehead atoms. The van der Waals surface area contributed by atoms with Crippen molar-refractivity contribution in [2.75, 3.05) is 24.2 Å². The zero-order chi connectivity index (χ0) is 23.0. The lowest BCUT2D eigenvalue weighted by atomic mass is 10.2. The Morgan fingerprint density at radius 2 is 1.97 bits per heavy atom. The number of benzene rings is 1. The number of nitrogens with one attached hydrogen (secondary N) is 3. The second-order valence-corrected chi connectivity index (χ2v) is 6.80. The van der Waals surface area contributed by atoms with Crippen LogP contribution in [0, 0.1) is 0 Å². The third kappa shape index (κ3) is 6.30. The molecule has 2 amide bonds. The smallest absolute Gasteiger partial charge is 0.321 e. The van der Waals surface area contributed by atoms with Crippen LogP contribution < -0.4 is 27.5 Å². The minimum Gasteiger partial charge on any atom is -0.465 e. The van der Waals surface area contributed by atoms with E-state index in [2.05, 4.69) is 16.2 Å². The molecule has 2 aromatic rings. The first-order valence-corrected chi connectivity index (χ1v) is 9.92. The number of hydrogen-bond acceptors (Lipinski definition) is 7. The molecule has 0 fully saturated rings. The maximum absolute atomic E-state index is 12.9. The first-order chi connectivity index (χ1) is 14.8. The molecule has 31 heavy (non-hydrogen) atoms. The van der Waals surface area contributed by atoms with Crippen LogP contribution in [-0.4, -0.2) is 35.5 Å². The van der Waals surface area contributed by atoms with Gasteiger partial charge >= 0.3 is 5.97 Å².